The monoisotopic (exact) mass is 344 g/mol. The topological polar surface area (TPSA) is 43.8 Å². The van der Waals surface area contributed by atoms with E-state index >= 15 is 0 Å². The Labute approximate surface area is 126 Å². The molecule has 0 amide bonds. The van der Waals surface area contributed by atoms with Crippen LogP contribution in [-0.4, -0.2) is 49.2 Å². The molecule has 1 atom stereocenters. The van der Waals surface area contributed by atoms with Crippen molar-refractivity contribution in [3.05, 3.63) is 28.0 Å². The molecule has 1 N–H and O–H groups in total. The number of benzene rings is 1. The molecule has 1 aromatic rings. The normalized spacial score (nSPS) is 19.3. The predicted molar refractivity (Wildman–Crippen MR) is 80.0 cm³/mol. The van der Waals surface area contributed by atoms with Crippen LogP contribution < -0.4 is 4.90 Å². The second-order valence-electron chi connectivity index (χ2n) is 5.22. The van der Waals surface area contributed by atoms with Crippen LogP contribution in [0.2, 0.25) is 0 Å². The molecule has 1 saturated heterocycles. The molecule has 2 rings (SSSR count). The van der Waals surface area contributed by atoms with Gasteiger partial charge >= 0.3 is 5.97 Å². The fraction of sp³-hybridized carbons (Fsp3) is 0.500. The van der Waals surface area contributed by atoms with Gasteiger partial charge in [0.1, 0.15) is 0 Å². The number of hydrogen-bond donors (Lipinski definition) is 1. The Hall–Kier alpha value is -1.14. The second-order valence-corrected chi connectivity index (χ2v) is 6.02. The average molecular weight is 345 g/mol. The molecule has 0 aliphatic carbocycles. The summed E-state index contributed by atoms with van der Waals surface area (Å²) in [5.74, 6) is -1.66. The number of anilines is 1. The van der Waals surface area contributed by atoms with Gasteiger partial charge in [-0.05, 0) is 54.5 Å². The molecule has 0 bridgehead atoms. The summed E-state index contributed by atoms with van der Waals surface area (Å²) >= 11 is 3.03. The number of aromatic carboxylic acids is 1. The third-order valence-corrected chi connectivity index (χ3v) is 4.63. The van der Waals surface area contributed by atoms with E-state index in [-0.39, 0.29) is 10.0 Å². The molecule has 1 aromatic carbocycles. The molecular formula is C14H18BrFN2O2. The van der Waals surface area contributed by atoms with Crippen LogP contribution in [0.1, 0.15) is 23.2 Å². The van der Waals surface area contributed by atoms with E-state index in [0.29, 0.717) is 11.7 Å². The quantitative estimate of drug-likeness (QED) is 0.912. The molecule has 110 valence electrons. The maximum Gasteiger partial charge on any atom is 0.336 e. The van der Waals surface area contributed by atoms with Crippen LogP contribution in [0.25, 0.3) is 0 Å². The van der Waals surface area contributed by atoms with E-state index in [1.807, 2.05) is 11.9 Å². The van der Waals surface area contributed by atoms with Gasteiger partial charge in [-0.2, -0.15) is 0 Å². The fourth-order valence-corrected chi connectivity index (χ4v) is 3.13. The molecule has 0 spiro atoms. The molecule has 20 heavy (non-hydrogen) atoms. The van der Waals surface area contributed by atoms with Gasteiger partial charge in [-0.25, -0.2) is 9.18 Å². The van der Waals surface area contributed by atoms with Gasteiger partial charge in [0.2, 0.25) is 0 Å². The summed E-state index contributed by atoms with van der Waals surface area (Å²) in [5, 5.41) is 8.97. The summed E-state index contributed by atoms with van der Waals surface area (Å²) in [5.41, 5.74) is 0.361. The minimum Gasteiger partial charge on any atom is -0.478 e. The molecule has 1 aliphatic heterocycles. The van der Waals surface area contributed by atoms with Gasteiger partial charge in [-0.1, -0.05) is 0 Å². The summed E-state index contributed by atoms with van der Waals surface area (Å²) in [4.78, 5) is 15.1. The van der Waals surface area contributed by atoms with E-state index in [1.54, 1.807) is 0 Å². The summed E-state index contributed by atoms with van der Waals surface area (Å²) in [6.45, 7) is 1.80. The molecule has 0 saturated carbocycles. The molecule has 0 aromatic heterocycles. The van der Waals surface area contributed by atoms with Crippen LogP contribution >= 0.6 is 15.9 Å². The van der Waals surface area contributed by atoms with Crippen LogP contribution in [-0.2, 0) is 0 Å². The summed E-state index contributed by atoms with van der Waals surface area (Å²) < 4.78 is 14.3. The van der Waals surface area contributed by atoms with Gasteiger partial charge in [0.25, 0.3) is 0 Å². The highest BCUT2D eigenvalue weighted by molar-refractivity contribution is 9.10. The van der Waals surface area contributed by atoms with E-state index in [1.165, 1.54) is 18.6 Å². The summed E-state index contributed by atoms with van der Waals surface area (Å²) in [7, 11) is 3.91. The Balaban J connectivity index is 2.20. The van der Waals surface area contributed by atoms with Crippen LogP contribution in [0.4, 0.5) is 10.1 Å². The van der Waals surface area contributed by atoms with E-state index in [4.69, 9.17) is 5.11 Å². The summed E-state index contributed by atoms with van der Waals surface area (Å²) in [6, 6.07) is 3.37. The first-order valence-corrected chi connectivity index (χ1v) is 7.33. The third-order valence-electron chi connectivity index (χ3n) is 3.86. The van der Waals surface area contributed by atoms with Gasteiger partial charge < -0.3 is 14.9 Å². The van der Waals surface area contributed by atoms with Gasteiger partial charge in [0.05, 0.1) is 15.7 Å². The highest BCUT2D eigenvalue weighted by atomic mass is 79.9. The van der Waals surface area contributed by atoms with Gasteiger partial charge in [0.15, 0.2) is 5.82 Å². The van der Waals surface area contributed by atoms with Crippen molar-refractivity contribution in [3.63, 3.8) is 0 Å². The zero-order chi connectivity index (χ0) is 14.9. The van der Waals surface area contributed by atoms with Crippen molar-refractivity contribution < 1.29 is 14.3 Å². The SMILES string of the molecule is CN(CC1CCCN1C)c1ccc(C(=O)O)c(Br)c1F. The lowest BCUT2D eigenvalue weighted by atomic mass is 10.1. The van der Waals surface area contributed by atoms with Crippen molar-refractivity contribution in [3.8, 4) is 0 Å². The largest absolute Gasteiger partial charge is 0.478 e. The van der Waals surface area contributed by atoms with Crippen molar-refractivity contribution in [2.75, 3.05) is 32.1 Å². The molecule has 1 fully saturated rings. The number of rotatable bonds is 4. The van der Waals surface area contributed by atoms with Crippen molar-refractivity contribution in [2.45, 2.75) is 18.9 Å². The first-order valence-electron chi connectivity index (χ1n) is 6.54. The van der Waals surface area contributed by atoms with Crippen LogP contribution in [0.3, 0.4) is 0 Å². The molecule has 6 heteroatoms. The Morgan fingerprint density at radius 2 is 2.30 bits per heavy atom. The van der Waals surface area contributed by atoms with E-state index in [0.717, 1.165) is 19.5 Å². The number of hydrogen-bond acceptors (Lipinski definition) is 3. The zero-order valence-electron chi connectivity index (χ0n) is 11.6. The van der Waals surface area contributed by atoms with Gasteiger partial charge in [-0.15, -0.1) is 0 Å². The predicted octanol–water partition coefficient (Wildman–Crippen LogP) is 2.82. The Bertz CT molecular complexity index is 524. The van der Waals surface area contributed by atoms with E-state index in [9.17, 15) is 9.18 Å². The van der Waals surface area contributed by atoms with Gasteiger partial charge in [-0.3, -0.25) is 0 Å². The Morgan fingerprint density at radius 3 is 2.85 bits per heavy atom. The smallest absolute Gasteiger partial charge is 0.336 e. The lowest BCUT2D eigenvalue weighted by molar-refractivity contribution is 0.0695. The Morgan fingerprint density at radius 1 is 1.60 bits per heavy atom. The van der Waals surface area contributed by atoms with Crippen molar-refractivity contribution in [2.24, 2.45) is 0 Å². The lowest BCUT2D eigenvalue weighted by Gasteiger charge is -2.28. The maximum atomic E-state index is 14.3. The standard InChI is InChI=1S/C14H18BrFN2O2/c1-17-7-3-4-9(17)8-18(2)11-6-5-10(14(19)20)12(15)13(11)16/h5-6,9H,3-4,7-8H2,1-2H3,(H,19,20). The van der Waals surface area contributed by atoms with Gasteiger partial charge in [0, 0.05) is 19.6 Å². The highest BCUT2D eigenvalue weighted by Crippen LogP contribution is 2.30. The second kappa shape index (κ2) is 6.10. The lowest BCUT2D eigenvalue weighted by Crippen LogP contribution is -2.37. The summed E-state index contributed by atoms with van der Waals surface area (Å²) in [6.07, 6.45) is 2.27. The van der Waals surface area contributed by atoms with Crippen LogP contribution in [0, 0.1) is 5.82 Å². The molecule has 1 aliphatic rings. The Kier molecular flexibility index (Phi) is 4.65. The number of nitrogens with zero attached hydrogens (tertiary/aromatic N) is 2. The third kappa shape index (κ3) is 2.96. The zero-order valence-corrected chi connectivity index (χ0v) is 13.2. The van der Waals surface area contributed by atoms with Crippen molar-refractivity contribution in [1.29, 1.82) is 0 Å². The maximum absolute atomic E-state index is 14.3. The fourth-order valence-electron chi connectivity index (χ4n) is 2.62. The number of likely N-dealkylation sites (N-methyl/N-ethyl adjacent to an activating group) is 2. The average Bonchev–Trinajstić information content (AvgIpc) is 2.77. The van der Waals surface area contributed by atoms with E-state index in [2.05, 4.69) is 27.9 Å². The number of halogens is 2. The first kappa shape index (κ1) is 15.3. The molecular weight excluding hydrogens is 327 g/mol. The highest BCUT2D eigenvalue weighted by Gasteiger charge is 2.24. The van der Waals surface area contributed by atoms with Crippen LogP contribution in [0.15, 0.2) is 16.6 Å². The van der Waals surface area contributed by atoms with E-state index < -0.39 is 11.8 Å². The van der Waals surface area contributed by atoms with Crippen molar-refractivity contribution in [1.82, 2.24) is 4.90 Å². The number of likely N-dealkylation sites (tertiary alicyclic amines) is 1. The number of carboxylic acid groups (broad SMARTS) is 1. The molecule has 1 heterocycles. The minimum atomic E-state index is -1.14. The molecule has 0 radical (unpaired) electrons. The van der Waals surface area contributed by atoms with Crippen LogP contribution in [0.5, 0.6) is 0 Å². The first-order chi connectivity index (χ1) is 9.41. The molecule has 1 unspecified atom stereocenters. The molecule has 4 nitrogen and oxygen atoms in total. The minimum absolute atomic E-state index is 0.00845. The number of carboxylic acids is 1. The van der Waals surface area contributed by atoms with Crippen molar-refractivity contribution >= 4 is 27.6 Å². The number of carbonyl (C=O) groups is 1.